The number of anilines is 1. The number of halogens is 1. The van der Waals surface area contributed by atoms with Crippen molar-refractivity contribution >= 4 is 28.0 Å². The summed E-state index contributed by atoms with van der Waals surface area (Å²) >= 11 is 0. The van der Waals surface area contributed by atoms with Crippen LogP contribution in [0.4, 0.5) is 14.9 Å². The van der Waals surface area contributed by atoms with E-state index >= 15 is 0 Å². The van der Waals surface area contributed by atoms with Crippen molar-refractivity contribution in [2.45, 2.75) is 30.6 Å². The first-order valence-electron chi connectivity index (χ1n) is 11.8. The van der Waals surface area contributed by atoms with Gasteiger partial charge in [-0.25, -0.2) is 14.2 Å². The van der Waals surface area contributed by atoms with Crippen LogP contribution in [0.15, 0.2) is 35.4 Å². The summed E-state index contributed by atoms with van der Waals surface area (Å²) < 4.78 is 46.0. The first-order valence-corrected chi connectivity index (χ1v) is 13.5. The number of hydrazone groups is 1. The Morgan fingerprint density at radius 2 is 1.89 bits per heavy atom. The molecule has 36 heavy (non-hydrogen) atoms. The van der Waals surface area contributed by atoms with Gasteiger partial charge < -0.3 is 19.7 Å². The number of nitrogens with one attached hydrogen (secondary N) is 1. The molecule has 2 aromatic carbocycles. The Labute approximate surface area is 211 Å². The van der Waals surface area contributed by atoms with Gasteiger partial charge in [-0.15, -0.1) is 0 Å². The Bertz CT molecular complexity index is 1250. The predicted octanol–water partition coefficient (Wildman–Crippen LogP) is 3.89. The molecule has 9 nitrogen and oxygen atoms in total. The lowest BCUT2D eigenvalue weighted by atomic mass is 9.91. The van der Waals surface area contributed by atoms with E-state index in [0.717, 1.165) is 17.5 Å². The molecule has 3 N–H and O–H groups in total. The molecule has 2 saturated heterocycles. The van der Waals surface area contributed by atoms with Crippen LogP contribution in [-0.4, -0.2) is 76.8 Å². The highest BCUT2D eigenvalue weighted by Crippen LogP contribution is 2.67. The predicted molar refractivity (Wildman–Crippen MR) is 138 cm³/mol. The zero-order valence-electron chi connectivity index (χ0n) is 20.7. The second-order valence-corrected chi connectivity index (χ2v) is 12.2. The van der Waals surface area contributed by atoms with Crippen molar-refractivity contribution in [3.8, 4) is 11.5 Å². The normalized spacial score (nSPS) is 22.4. The molecule has 2 fully saturated rings. The van der Waals surface area contributed by atoms with E-state index in [1.165, 1.54) is 11.1 Å². The van der Waals surface area contributed by atoms with Crippen molar-refractivity contribution in [1.29, 1.82) is 0 Å². The van der Waals surface area contributed by atoms with Gasteiger partial charge in [0.05, 0.1) is 36.4 Å². The van der Waals surface area contributed by atoms with Gasteiger partial charge in [-0.2, -0.15) is 15.7 Å². The summed E-state index contributed by atoms with van der Waals surface area (Å²) in [5.74, 6) is 1.10. The van der Waals surface area contributed by atoms with Crippen molar-refractivity contribution in [3.63, 3.8) is 0 Å². The van der Waals surface area contributed by atoms with E-state index in [-0.39, 0.29) is 12.1 Å². The number of carbonyl (C=O) groups is 1. The number of benzene rings is 2. The summed E-state index contributed by atoms with van der Waals surface area (Å²) in [7, 11) is 2.05. The largest absolute Gasteiger partial charge is 0.493 e. The molecule has 1 unspecified atom stereocenters. The Hall–Kier alpha value is -3.02. The van der Waals surface area contributed by atoms with Crippen LogP contribution in [-0.2, 0) is 6.42 Å². The highest BCUT2D eigenvalue weighted by molar-refractivity contribution is 8.26. The third kappa shape index (κ3) is 3.77. The maximum atomic E-state index is 15.0. The van der Waals surface area contributed by atoms with Crippen molar-refractivity contribution in [2.75, 3.05) is 45.0 Å². The van der Waals surface area contributed by atoms with Gasteiger partial charge >= 0.3 is 6.03 Å². The van der Waals surface area contributed by atoms with E-state index in [1.807, 2.05) is 24.0 Å². The Morgan fingerprint density at radius 3 is 2.47 bits per heavy atom. The molecule has 194 valence electrons. The third-order valence-corrected chi connectivity index (χ3v) is 10.1. The van der Waals surface area contributed by atoms with E-state index in [1.54, 1.807) is 33.4 Å². The number of hydrogen-bond acceptors (Lipinski definition) is 7. The van der Waals surface area contributed by atoms with Gasteiger partial charge in [0, 0.05) is 37.0 Å². The van der Waals surface area contributed by atoms with Crippen molar-refractivity contribution in [2.24, 2.45) is 5.10 Å². The average Bonchev–Trinajstić information content (AvgIpc) is 2.97. The smallest absolute Gasteiger partial charge is 0.337 e. The number of methoxy groups -OCH3 is 2. The quantitative estimate of drug-likeness (QED) is 0.567. The van der Waals surface area contributed by atoms with Crippen LogP contribution in [0.1, 0.15) is 30.0 Å². The fraction of sp³-hybridized carbons (Fsp3) is 0.440. The van der Waals surface area contributed by atoms with E-state index in [4.69, 9.17) is 14.6 Å². The number of amides is 2. The van der Waals surface area contributed by atoms with Gasteiger partial charge in [0.2, 0.25) is 0 Å². The van der Waals surface area contributed by atoms with Gasteiger partial charge in [0.15, 0.2) is 11.5 Å². The highest BCUT2D eigenvalue weighted by atomic mass is 32.3. The molecule has 3 aliphatic heterocycles. The van der Waals surface area contributed by atoms with E-state index < -0.39 is 21.2 Å². The maximum absolute atomic E-state index is 15.0. The lowest BCUT2D eigenvalue weighted by Gasteiger charge is -2.67. The van der Waals surface area contributed by atoms with Crippen LogP contribution < -0.4 is 19.7 Å². The SMILES string of the molecule is CNC(=O)N1N=C(c2ccc(F)c(N3CC4(CCS4(O)O)C3)c2)c2cc(OC)c(OC)cc2CC1C. The molecule has 2 amide bonds. The Kier molecular flexibility index (Phi) is 6.05. The molecule has 3 aliphatic rings. The summed E-state index contributed by atoms with van der Waals surface area (Å²) in [6.45, 7) is 2.70. The number of carbonyl (C=O) groups excluding carboxylic acids is 1. The molecule has 2 aromatic rings. The van der Waals surface area contributed by atoms with Crippen molar-refractivity contribution in [1.82, 2.24) is 10.3 Å². The summed E-state index contributed by atoms with van der Waals surface area (Å²) in [4.78, 5) is 14.5. The molecule has 0 aliphatic carbocycles. The van der Waals surface area contributed by atoms with Gasteiger partial charge in [0.1, 0.15) is 5.82 Å². The third-order valence-electron chi connectivity index (χ3n) is 7.48. The minimum Gasteiger partial charge on any atom is -0.493 e. The number of ether oxygens (including phenoxy) is 2. The van der Waals surface area contributed by atoms with Crippen molar-refractivity contribution < 1.29 is 27.8 Å². The number of urea groups is 1. The Morgan fingerprint density at radius 1 is 1.19 bits per heavy atom. The van der Waals surface area contributed by atoms with Crippen molar-refractivity contribution in [3.05, 3.63) is 52.8 Å². The maximum Gasteiger partial charge on any atom is 0.337 e. The average molecular weight is 519 g/mol. The molecule has 0 radical (unpaired) electrons. The zero-order valence-corrected chi connectivity index (χ0v) is 21.6. The lowest BCUT2D eigenvalue weighted by molar-refractivity contribution is 0.184. The number of hydrogen-bond donors (Lipinski definition) is 3. The molecule has 0 bridgehead atoms. The molecule has 0 saturated carbocycles. The van der Waals surface area contributed by atoms with E-state index in [0.29, 0.717) is 53.7 Å². The minimum atomic E-state index is -2.62. The van der Waals surface area contributed by atoms with Crippen LogP contribution >= 0.6 is 10.6 Å². The number of fused-ring (bicyclic) bond motifs is 1. The molecule has 0 aromatic heterocycles. The molecule has 3 heterocycles. The number of rotatable bonds is 4. The molecular weight excluding hydrogens is 487 g/mol. The molecule has 1 atom stereocenters. The first-order chi connectivity index (χ1) is 17.1. The Balaban J connectivity index is 1.60. The topological polar surface area (TPSA) is 107 Å². The van der Waals surface area contributed by atoms with Crippen LogP contribution in [0.5, 0.6) is 11.5 Å². The lowest BCUT2D eigenvalue weighted by Crippen LogP contribution is -2.69. The van der Waals surface area contributed by atoms with Gasteiger partial charge in [0.25, 0.3) is 0 Å². The second-order valence-electron chi connectivity index (χ2n) is 9.59. The van der Waals surface area contributed by atoms with Crippen LogP contribution in [0.2, 0.25) is 0 Å². The molecular formula is C25H31FN4O5S. The van der Waals surface area contributed by atoms with Crippen LogP contribution in [0, 0.1) is 5.82 Å². The molecule has 1 spiro atoms. The molecule has 5 rings (SSSR count). The van der Waals surface area contributed by atoms with Crippen LogP contribution in [0.25, 0.3) is 0 Å². The summed E-state index contributed by atoms with van der Waals surface area (Å²) in [6, 6.07) is 7.85. The molecule has 11 heteroatoms. The summed E-state index contributed by atoms with van der Waals surface area (Å²) in [5.41, 5.74) is 3.18. The minimum absolute atomic E-state index is 0.252. The number of nitrogens with zero attached hydrogens (tertiary/aromatic N) is 3. The standard InChI is InChI=1S/C25H31FN4O5S/c1-15-9-17-11-21(34-3)22(35-4)12-18(17)23(28-30(15)24(31)27-2)16-5-6-19(26)20(10-16)29-13-25(14-29)7-8-36(25,32)33/h5-6,10-12,15,32-33H,7-9,13-14H2,1-4H3,(H,27,31). The summed E-state index contributed by atoms with van der Waals surface area (Å²) in [5, 5.41) is 8.79. The first kappa shape index (κ1) is 24.7. The summed E-state index contributed by atoms with van der Waals surface area (Å²) in [6.07, 6.45) is 1.25. The van der Waals surface area contributed by atoms with Gasteiger partial charge in [-0.1, -0.05) is 0 Å². The van der Waals surface area contributed by atoms with E-state index in [2.05, 4.69) is 5.32 Å². The highest BCUT2D eigenvalue weighted by Gasteiger charge is 2.59. The second kappa shape index (κ2) is 8.82. The van der Waals surface area contributed by atoms with E-state index in [9.17, 15) is 18.3 Å². The monoisotopic (exact) mass is 518 g/mol. The zero-order chi connectivity index (χ0) is 25.8. The fourth-order valence-electron chi connectivity index (χ4n) is 5.21. The van der Waals surface area contributed by atoms with Gasteiger partial charge in [-0.3, -0.25) is 9.11 Å². The van der Waals surface area contributed by atoms with Crippen LogP contribution in [0.3, 0.4) is 0 Å². The fourth-order valence-corrected chi connectivity index (χ4v) is 7.08. The van der Waals surface area contributed by atoms with Gasteiger partial charge in [-0.05, 0) is 55.7 Å².